The topological polar surface area (TPSA) is 96.1 Å². The largest absolute Gasteiger partial charge is 0.465 e. The van der Waals surface area contributed by atoms with Gasteiger partial charge in [-0.1, -0.05) is 32.0 Å². The number of carbonyl (C=O) groups is 1. The minimum absolute atomic E-state index is 0.257. The van der Waals surface area contributed by atoms with E-state index in [2.05, 4.69) is 16.9 Å². The highest BCUT2D eigenvalue weighted by atomic mass is 32.2. The van der Waals surface area contributed by atoms with Crippen LogP contribution in [0, 0.1) is 0 Å². The first-order valence-corrected chi connectivity index (χ1v) is 10.0. The fraction of sp³-hybridized carbons (Fsp3) is 0.611. The molecule has 8 nitrogen and oxygen atoms in total. The molecule has 27 heavy (non-hydrogen) atoms. The molecule has 2 aromatic heterocycles. The van der Waals surface area contributed by atoms with Crippen LogP contribution in [-0.4, -0.2) is 36.9 Å². The lowest BCUT2D eigenvalue weighted by Crippen LogP contribution is -2.38. The average molecular weight is 394 g/mol. The normalized spacial score (nSPS) is 12.3. The first-order chi connectivity index (χ1) is 12.8. The van der Waals surface area contributed by atoms with Crippen LogP contribution in [-0.2, 0) is 30.0 Å². The van der Waals surface area contributed by atoms with Gasteiger partial charge in [0.05, 0.1) is 6.61 Å². The number of rotatable bonds is 8. The predicted molar refractivity (Wildman–Crippen MR) is 105 cm³/mol. The lowest BCUT2D eigenvalue weighted by molar-refractivity contribution is -0.142. The number of hydrogen-bond donors (Lipinski definition) is 0. The summed E-state index contributed by atoms with van der Waals surface area (Å²) in [5, 5.41) is 0.193. The highest BCUT2D eigenvalue weighted by molar-refractivity contribution is 8.00. The second-order valence-corrected chi connectivity index (χ2v) is 7.41. The van der Waals surface area contributed by atoms with Crippen molar-refractivity contribution in [3.05, 3.63) is 26.7 Å². The summed E-state index contributed by atoms with van der Waals surface area (Å²) in [4.78, 5) is 46.3. The van der Waals surface area contributed by atoms with Crippen molar-refractivity contribution in [3.63, 3.8) is 0 Å². The summed E-state index contributed by atoms with van der Waals surface area (Å²) < 4.78 is 7.51. The van der Waals surface area contributed by atoms with Crippen LogP contribution >= 0.6 is 11.8 Å². The third-order valence-corrected chi connectivity index (χ3v) is 5.57. The SMILES string of the molecule is CCCCc1nc(S[C@@H](CC)C(=O)OCC)c2c(=O)n(C)c(=O)n(C)c2n1. The number of aromatic nitrogens is 4. The summed E-state index contributed by atoms with van der Waals surface area (Å²) in [6.07, 6.45) is 3.04. The number of carbonyl (C=O) groups excluding carboxylic acids is 1. The minimum atomic E-state index is -0.482. The van der Waals surface area contributed by atoms with Gasteiger partial charge in [-0.2, -0.15) is 0 Å². The summed E-state index contributed by atoms with van der Waals surface area (Å²) in [7, 11) is 3.00. The molecule has 1 atom stereocenters. The van der Waals surface area contributed by atoms with Crippen LogP contribution in [0.3, 0.4) is 0 Å². The van der Waals surface area contributed by atoms with E-state index in [-0.39, 0.29) is 11.4 Å². The van der Waals surface area contributed by atoms with Gasteiger partial charge in [0.15, 0.2) is 5.65 Å². The maximum Gasteiger partial charge on any atom is 0.332 e. The minimum Gasteiger partial charge on any atom is -0.465 e. The maximum absolute atomic E-state index is 12.8. The number of fused-ring (bicyclic) bond motifs is 1. The predicted octanol–water partition coefficient (Wildman–Crippen LogP) is 1.80. The number of ether oxygens (including phenoxy) is 1. The summed E-state index contributed by atoms with van der Waals surface area (Å²) in [5.74, 6) is 0.224. The van der Waals surface area contributed by atoms with Crippen LogP contribution in [0.1, 0.15) is 45.9 Å². The van der Waals surface area contributed by atoms with Crippen molar-refractivity contribution in [2.24, 2.45) is 14.1 Å². The molecule has 0 bridgehead atoms. The molecular weight excluding hydrogens is 368 g/mol. The van der Waals surface area contributed by atoms with Crippen molar-refractivity contribution in [2.75, 3.05) is 6.61 Å². The van der Waals surface area contributed by atoms with Gasteiger partial charge >= 0.3 is 11.7 Å². The van der Waals surface area contributed by atoms with Gasteiger partial charge in [0, 0.05) is 20.5 Å². The van der Waals surface area contributed by atoms with Gasteiger partial charge in [-0.3, -0.25) is 18.7 Å². The lowest BCUT2D eigenvalue weighted by Gasteiger charge is -2.15. The fourth-order valence-electron chi connectivity index (χ4n) is 2.67. The van der Waals surface area contributed by atoms with E-state index in [0.717, 1.165) is 17.4 Å². The molecule has 2 rings (SSSR count). The van der Waals surface area contributed by atoms with E-state index in [9.17, 15) is 14.4 Å². The second-order valence-electron chi connectivity index (χ2n) is 6.22. The van der Waals surface area contributed by atoms with Crippen molar-refractivity contribution in [1.29, 1.82) is 0 Å². The Labute approximate surface area is 162 Å². The van der Waals surface area contributed by atoms with Crippen molar-refractivity contribution in [2.45, 2.75) is 56.7 Å². The first-order valence-electron chi connectivity index (χ1n) is 9.15. The van der Waals surface area contributed by atoms with Gasteiger partial charge in [0.25, 0.3) is 5.56 Å². The van der Waals surface area contributed by atoms with Gasteiger partial charge in [0.2, 0.25) is 0 Å². The molecule has 0 spiro atoms. The van der Waals surface area contributed by atoms with E-state index < -0.39 is 16.5 Å². The molecule has 0 saturated heterocycles. The molecule has 0 aromatic carbocycles. The molecule has 0 fully saturated rings. The van der Waals surface area contributed by atoms with Crippen molar-refractivity contribution >= 4 is 28.8 Å². The third-order valence-electron chi connectivity index (χ3n) is 4.24. The van der Waals surface area contributed by atoms with Crippen LogP contribution < -0.4 is 11.2 Å². The zero-order chi connectivity index (χ0) is 20.1. The molecule has 2 heterocycles. The van der Waals surface area contributed by atoms with Gasteiger partial charge in [0.1, 0.15) is 21.5 Å². The summed E-state index contributed by atoms with van der Waals surface area (Å²) in [5.41, 5.74) is -0.609. The molecule has 0 aliphatic carbocycles. The standard InChI is InChI=1S/C18H26N4O4S/c1-6-9-10-12-19-14-13(16(23)22(5)18(25)21(14)4)15(20-12)27-11(7-2)17(24)26-8-3/h11H,6-10H2,1-5H3/t11-/m0/s1. The first kappa shape index (κ1) is 21.1. The highest BCUT2D eigenvalue weighted by Gasteiger charge is 2.24. The second kappa shape index (κ2) is 9.16. The molecule has 0 radical (unpaired) electrons. The zero-order valence-electron chi connectivity index (χ0n) is 16.4. The Morgan fingerprint density at radius 1 is 1.15 bits per heavy atom. The summed E-state index contributed by atoms with van der Waals surface area (Å²) in [6.45, 7) is 5.99. The highest BCUT2D eigenvalue weighted by Crippen LogP contribution is 2.29. The zero-order valence-corrected chi connectivity index (χ0v) is 17.3. The monoisotopic (exact) mass is 394 g/mol. The van der Waals surface area contributed by atoms with Gasteiger partial charge in [-0.25, -0.2) is 14.8 Å². The Morgan fingerprint density at radius 2 is 1.85 bits per heavy atom. The van der Waals surface area contributed by atoms with E-state index in [1.807, 2.05) is 6.92 Å². The Balaban J connectivity index is 2.69. The molecule has 0 aliphatic rings. The maximum atomic E-state index is 12.8. The molecule has 9 heteroatoms. The summed E-state index contributed by atoms with van der Waals surface area (Å²) >= 11 is 1.20. The Bertz CT molecular complexity index is 951. The Morgan fingerprint density at radius 3 is 2.44 bits per heavy atom. The number of hydrogen-bond acceptors (Lipinski definition) is 7. The van der Waals surface area contributed by atoms with E-state index in [4.69, 9.17) is 4.74 Å². The van der Waals surface area contributed by atoms with Crippen LogP contribution in [0.5, 0.6) is 0 Å². The number of aryl methyl sites for hydroxylation is 2. The molecule has 2 aromatic rings. The Kier molecular flexibility index (Phi) is 7.18. The Hall–Kier alpha value is -2.16. The quantitative estimate of drug-likeness (QED) is 0.383. The van der Waals surface area contributed by atoms with E-state index in [1.54, 1.807) is 14.0 Å². The lowest BCUT2D eigenvalue weighted by atomic mass is 10.2. The van der Waals surface area contributed by atoms with Crippen LogP contribution in [0.25, 0.3) is 11.0 Å². The van der Waals surface area contributed by atoms with Crippen LogP contribution in [0.4, 0.5) is 0 Å². The fourth-order valence-corrected chi connectivity index (χ4v) is 3.73. The van der Waals surface area contributed by atoms with E-state index in [0.29, 0.717) is 35.9 Å². The van der Waals surface area contributed by atoms with Crippen molar-refractivity contribution in [3.8, 4) is 0 Å². The average Bonchev–Trinajstić information content (AvgIpc) is 2.66. The number of esters is 1. The number of thioether (sulfide) groups is 1. The number of unbranched alkanes of at least 4 members (excludes halogenated alkanes) is 1. The molecule has 0 aliphatic heterocycles. The van der Waals surface area contributed by atoms with Gasteiger partial charge in [-0.15, -0.1) is 0 Å². The molecule has 148 valence electrons. The third kappa shape index (κ3) is 4.40. The van der Waals surface area contributed by atoms with Crippen LogP contribution in [0.15, 0.2) is 14.6 Å². The van der Waals surface area contributed by atoms with Crippen LogP contribution in [0.2, 0.25) is 0 Å². The molecule has 0 N–H and O–H groups in total. The number of nitrogens with zero attached hydrogens (tertiary/aromatic N) is 4. The van der Waals surface area contributed by atoms with Gasteiger partial charge < -0.3 is 4.74 Å². The van der Waals surface area contributed by atoms with Gasteiger partial charge in [-0.05, 0) is 19.8 Å². The molecule has 0 amide bonds. The molecule has 0 saturated carbocycles. The van der Waals surface area contributed by atoms with Crippen molar-refractivity contribution in [1.82, 2.24) is 19.1 Å². The smallest absolute Gasteiger partial charge is 0.332 e. The van der Waals surface area contributed by atoms with E-state index >= 15 is 0 Å². The van der Waals surface area contributed by atoms with E-state index in [1.165, 1.54) is 23.4 Å². The summed E-state index contributed by atoms with van der Waals surface area (Å²) in [6, 6.07) is 0. The van der Waals surface area contributed by atoms with Crippen molar-refractivity contribution < 1.29 is 9.53 Å². The molecular formula is C18H26N4O4S. The molecule has 0 unspecified atom stereocenters.